The number of rotatable bonds is 3. The molecule has 0 saturated heterocycles. The lowest BCUT2D eigenvalue weighted by Gasteiger charge is -2.10. The molecule has 1 atom stereocenters. The summed E-state index contributed by atoms with van der Waals surface area (Å²) in [5.74, 6) is -2.38. The summed E-state index contributed by atoms with van der Waals surface area (Å²) in [7, 11) is 0. The van der Waals surface area contributed by atoms with Crippen molar-refractivity contribution in [2.45, 2.75) is 5.92 Å². The zero-order chi connectivity index (χ0) is 10.7. The van der Waals surface area contributed by atoms with Crippen molar-refractivity contribution in [3.63, 3.8) is 0 Å². The molecule has 0 aliphatic heterocycles. The Kier molecular flexibility index (Phi) is 3.60. The Hall–Kier alpha value is -0.940. The van der Waals surface area contributed by atoms with Gasteiger partial charge in [0.25, 0.3) is 0 Å². The van der Waals surface area contributed by atoms with E-state index in [0.29, 0.717) is 10.0 Å². The molecule has 1 aromatic carbocycles. The van der Waals surface area contributed by atoms with Gasteiger partial charge in [0.05, 0.1) is 10.4 Å². The highest BCUT2D eigenvalue weighted by atomic mass is 79.9. The van der Waals surface area contributed by atoms with Crippen LogP contribution in [0.3, 0.4) is 0 Å². The number of carboxylic acid groups (broad SMARTS) is 1. The Morgan fingerprint density at radius 1 is 1.64 bits per heavy atom. The van der Waals surface area contributed by atoms with Gasteiger partial charge in [-0.2, -0.15) is 0 Å². The lowest BCUT2D eigenvalue weighted by molar-refractivity contribution is -0.138. The number of hydrogen-bond donors (Lipinski definition) is 2. The molecule has 0 aliphatic carbocycles. The topological polar surface area (TPSA) is 63.3 Å². The predicted molar refractivity (Wildman–Crippen MR) is 53.5 cm³/mol. The van der Waals surface area contributed by atoms with E-state index < -0.39 is 17.7 Å². The molecule has 0 saturated carbocycles. The van der Waals surface area contributed by atoms with Crippen LogP contribution >= 0.6 is 15.9 Å². The van der Waals surface area contributed by atoms with Crippen molar-refractivity contribution in [3.8, 4) is 0 Å². The van der Waals surface area contributed by atoms with E-state index in [1.165, 1.54) is 12.1 Å². The molecule has 0 aliphatic rings. The van der Waals surface area contributed by atoms with Crippen LogP contribution in [-0.4, -0.2) is 17.6 Å². The number of benzene rings is 1. The molecule has 0 bridgehead atoms. The number of carbonyl (C=O) groups is 1. The highest BCUT2D eigenvalue weighted by Gasteiger charge is 2.18. The standard InChI is InChI=1S/C9H9BrFNO2/c10-7-2-1-5(3-8(7)11)6(4-12)9(13)14/h1-3,6H,4,12H2,(H,13,14). The lowest BCUT2D eigenvalue weighted by Crippen LogP contribution is -2.21. The normalized spacial score (nSPS) is 12.5. The molecule has 0 aromatic heterocycles. The van der Waals surface area contributed by atoms with Crippen molar-refractivity contribution in [2.75, 3.05) is 6.54 Å². The van der Waals surface area contributed by atoms with Crippen LogP contribution < -0.4 is 5.73 Å². The molecule has 14 heavy (non-hydrogen) atoms. The maximum absolute atomic E-state index is 13.1. The van der Waals surface area contributed by atoms with Crippen LogP contribution in [0.1, 0.15) is 11.5 Å². The van der Waals surface area contributed by atoms with Gasteiger partial charge in [0, 0.05) is 6.54 Å². The van der Waals surface area contributed by atoms with Crippen molar-refractivity contribution in [1.82, 2.24) is 0 Å². The zero-order valence-electron chi connectivity index (χ0n) is 7.21. The third kappa shape index (κ3) is 2.30. The number of nitrogens with two attached hydrogens (primary N) is 1. The maximum Gasteiger partial charge on any atom is 0.312 e. The summed E-state index contributed by atoms with van der Waals surface area (Å²) in [6.45, 7) is -0.0452. The van der Waals surface area contributed by atoms with E-state index in [-0.39, 0.29) is 6.54 Å². The minimum Gasteiger partial charge on any atom is -0.481 e. The molecule has 3 N–H and O–H groups in total. The zero-order valence-corrected chi connectivity index (χ0v) is 8.79. The lowest BCUT2D eigenvalue weighted by atomic mass is 10.00. The predicted octanol–water partition coefficient (Wildman–Crippen LogP) is 1.72. The fraction of sp³-hybridized carbons (Fsp3) is 0.222. The van der Waals surface area contributed by atoms with E-state index in [9.17, 15) is 9.18 Å². The van der Waals surface area contributed by atoms with Gasteiger partial charge in [-0.05, 0) is 33.6 Å². The Morgan fingerprint density at radius 3 is 2.71 bits per heavy atom. The van der Waals surface area contributed by atoms with Crippen molar-refractivity contribution < 1.29 is 14.3 Å². The Balaban J connectivity index is 3.06. The van der Waals surface area contributed by atoms with E-state index in [4.69, 9.17) is 10.8 Å². The van der Waals surface area contributed by atoms with Crippen molar-refractivity contribution in [3.05, 3.63) is 34.1 Å². The second-order valence-corrected chi connectivity index (χ2v) is 3.65. The summed E-state index contributed by atoms with van der Waals surface area (Å²) in [4.78, 5) is 10.7. The second kappa shape index (κ2) is 4.52. The van der Waals surface area contributed by atoms with Gasteiger partial charge in [-0.3, -0.25) is 4.79 Å². The summed E-state index contributed by atoms with van der Waals surface area (Å²) in [6, 6.07) is 4.19. The van der Waals surface area contributed by atoms with E-state index in [0.717, 1.165) is 0 Å². The third-order valence-electron chi connectivity index (χ3n) is 1.88. The summed E-state index contributed by atoms with van der Waals surface area (Å²) < 4.78 is 13.4. The molecule has 0 heterocycles. The Labute approximate surface area is 88.9 Å². The third-order valence-corrected chi connectivity index (χ3v) is 2.52. The highest BCUT2D eigenvalue weighted by Crippen LogP contribution is 2.21. The van der Waals surface area contributed by atoms with E-state index in [2.05, 4.69) is 15.9 Å². The fourth-order valence-corrected chi connectivity index (χ4v) is 1.36. The molecule has 5 heteroatoms. The van der Waals surface area contributed by atoms with Crippen LogP contribution in [0.4, 0.5) is 4.39 Å². The Bertz CT molecular complexity index is 357. The molecular weight excluding hydrogens is 253 g/mol. The van der Waals surface area contributed by atoms with Gasteiger partial charge in [-0.25, -0.2) is 4.39 Å². The quantitative estimate of drug-likeness (QED) is 0.871. The number of halogens is 2. The summed E-state index contributed by atoms with van der Waals surface area (Å²) in [5, 5.41) is 8.77. The first-order valence-corrected chi connectivity index (χ1v) is 4.73. The van der Waals surface area contributed by atoms with Crippen molar-refractivity contribution >= 4 is 21.9 Å². The number of carboxylic acids is 1. The minimum absolute atomic E-state index is 0.0452. The summed E-state index contributed by atoms with van der Waals surface area (Å²) in [5.41, 5.74) is 5.65. The van der Waals surface area contributed by atoms with Gasteiger partial charge in [0.1, 0.15) is 5.82 Å². The SMILES string of the molecule is NCC(C(=O)O)c1ccc(Br)c(F)c1. The van der Waals surface area contributed by atoms with Gasteiger partial charge in [0.2, 0.25) is 0 Å². The molecule has 76 valence electrons. The first-order valence-electron chi connectivity index (χ1n) is 3.94. The monoisotopic (exact) mass is 261 g/mol. The smallest absolute Gasteiger partial charge is 0.312 e. The van der Waals surface area contributed by atoms with Gasteiger partial charge in [-0.1, -0.05) is 6.07 Å². The molecule has 0 radical (unpaired) electrons. The van der Waals surface area contributed by atoms with Gasteiger partial charge in [0.15, 0.2) is 0 Å². The molecule has 0 amide bonds. The van der Waals surface area contributed by atoms with Gasteiger partial charge in [-0.15, -0.1) is 0 Å². The number of hydrogen-bond acceptors (Lipinski definition) is 2. The minimum atomic E-state index is -1.05. The molecule has 3 nitrogen and oxygen atoms in total. The van der Waals surface area contributed by atoms with Crippen LogP contribution in [0.2, 0.25) is 0 Å². The summed E-state index contributed by atoms with van der Waals surface area (Å²) >= 11 is 2.98. The first-order chi connectivity index (χ1) is 6.56. The van der Waals surface area contributed by atoms with E-state index >= 15 is 0 Å². The molecule has 1 aromatic rings. The van der Waals surface area contributed by atoms with Crippen molar-refractivity contribution in [1.29, 1.82) is 0 Å². The van der Waals surface area contributed by atoms with Crippen LogP contribution in [0, 0.1) is 5.82 Å². The maximum atomic E-state index is 13.1. The molecule has 1 unspecified atom stereocenters. The Morgan fingerprint density at radius 2 is 2.29 bits per heavy atom. The van der Waals surface area contributed by atoms with E-state index in [1.54, 1.807) is 6.07 Å². The van der Waals surface area contributed by atoms with E-state index in [1.807, 2.05) is 0 Å². The molecule has 1 rings (SSSR count). The average Bonchev–Trinajstić information content (AvgIpc) is 2.11. The summed E-state index contributed by atoms with van der Waals surface area (Å²) in [6.07, 6.45) is 0. The van der Waals surface area contributed by atoms with Crippen LogP contribution in [0.15, 0.2) is 22.7 Å². The van der Waals surface area contributed by atoms with Crippen LogP contribution in [-0.2, 0) is 4.79 Å². The fourth-order valence-electron chi connectivity index (χ4n) is 1.11. The largest absolute Gasteiger partial charge is 0.481 e. The second-order valence-electron chi connectivity index (χ2n) is 2.80. The van der Waals surface area contributed by atoms with Crippen LogP contribution in [0.5, 0.6) is 0 Å². The van der Waals surface area contributed by atoms with Gasteiger partial charge >= 0.3 is 5.97 Å². The molecule has 0 spiro atoms. The first kappa shape index (κ1) is 11.1. The number of aliphatic carboxylic acids is 1. The van der Waals surface area contributed by atoms with Crippen LogP contribution in [0.25, 0.3) is 0 Å². The molecule has 0 fully saturated rings. The van der Waals surface area contributed by atoms with Gasteiger partial charge < -0.3 is 10.8 Å². The highest BCUT2D eigenvalue weighted by molar-refractivity contribution is 9.10. The average molecular weight is 262 g/mol. The molecular formula is C9H9BrFNO2. The van der Waals surface area contributed by atoms with Crippen molar-refractivity contribution in [2.24, 2.45) is 5.73 Å².